The second-order valence-electron chi connectivity index (χ2n) is 6.89. The average Bonchev–Trinajstić information content (AvgIpc) is 2.67. The van der Waals surface area contributed by atoms with E-state index >= 15 is 0 Å². The normalized spacial score (nSPS) is 21.8. The Balaban J connectivity index is 1.54. The quantitative estimate of drug-likeness (QED) is 0.908. The summed E-state index contributed by atoms with van der Waals surface area (Å²) < 4.78 is 0. The molecule has 1 aromatic carbocycles. The number of amides is 2. The van der Waals surface area contributed by atoms with Gasteiger partial charge in [-0.1, -0.05) is 18.2 Å². The van der Waals surface area contributed by atoms with Gasteiger partial charge in [0.05, 0.1) is 5.92 Å². The predicted molar refractivity (Wildman–Crippen MR) is 92.0 cm³/mol. The van der Waals surface area contributed by atoms with Crippen LogP contribution in [-0.2, 0) is 9.59 Å². The van der Waals surface area contributed by atoms with Gasteiger partial charge in [0.15, 0.2) is 0 Å². The number of carbonyl (C=O) groups excluding carboxylic acids is 2. The Kier molecular flexibility index (Phi) is 5.36. The molecule has 25 heavy (non-hydrogen) atoms. The minimum absolute atomic E-state index is 0.00964. The molecule has 6 heteroatoms. The third kappa shape index (κ3) is 4.00. The molecule has 2 fully saturated rings. The van der Waals surface area contributed by atoms with E-state index in [1.165, 1.54) is 0 Å². The van der Waals surface area contributed by atoms with Crippen molar-refractivity contribution < 1.29 is 19.5 Å². The van der Waals surface area contributed by atoms with Crippen molar-refractivity contribution >= 4 is 17.8 Å². The van der Waals surface area contributed by atoms with Crippen LogP contribution in [0.25, 0.3) is 0 Å². The SMILES string of the molecule is O=C(O)C1CCCN(C(=O)C2CCN(C(=O)c3ccccc3)CC2)C1. The highest BCUT2D eigenvalue weighted by atomic mass is 16.4. The lowest BCUT2D eigenvalue weighted by atomic mass is 9.92. The number of benzene rings is 1. The van der Waals surface area contributed by atoms with Gasteiger partial charge in [-0.15, -0.1) is 0 Å². The van der Waals surface area contributed by atoms with Crippen molar-refractivity contribution in [1.82, 2.24) is 9.80 Å². The molecule has 2 saturated heterocycles. The number of aliphatic carboxylic acids is 1. The lowest BCUT2D eigenvalue weighted by molar-refractivity contribution is -0.147. The van der Waals surface area contributed by atoms with E-state index < -0.39 is 11.9 Å². The maximum atomic E-state index is 12.7. The van der Waals surface area contributed by atoms with Gasteiger partial charge in [-0.2, -0.15) is 0 Å². The average molecular weight is 344 g/mol. The first-order valence-electron chi connectivity index (χ1n) is 8.92. The van der Waals surface area contributed by atoms with Crippen LogP contribution in [0.5, 0.6) is 0 Å². The number of piperidine rings is 2. The van der Waals surface area contributed by atoms with Crippen LogP contribution in [0.1, 0.15) is 36.0 Å². The molecule has 0 aliphatic carbocycles. The Morgan fingerprint density at radius 2 is 1.56 bits per heavy atom. The molecule has 1 aromatic rings. The van der Waals surface area contributed by atoms with Crippen molar-refractivity contribution in [2.75, 3.05) is 26.2 Å². The summed E-state index contributed by atoms with van der Waals surface area (Å²) in [6.07, 6.45) is 2.68. The molecule has 134 valence electrons. The summed E-state index contributed by atoms with van der Waals surface area (Å²) in [5.41, 5.74) is 0.674. The number of hydrogen-bond donors (Lipinski definition) is 1. The smallest absolute Gasteiger partial charge is 0.308 e. The van der Waals surface area contributed by atoms with Crippen molar-refractivity contribution in [2.24, 2.45) is 11.8 Å². The van der Waals surface area contributed by atoms with Gasteiger partial charge < -0.3 is 14.9 Å². The summed E-state index contributed by atoms with van der Waals surface area (Å²) in [6, 6.07) is 9.18. The molecule has 1 N–H and O–H groups in total. The van der Waals surface area contributed by atoms with Crippen molar-refractivity contribution in [3.63, 3.8) is 0 Å². The second kappa shape index (κ2) is 7.68. The highest BCUT2D eigenvalue weighted by Crippen LogP contribution is 2.24. The molecular formula is C19H24N2O4. The van der Waals surface area contributed by atoms with Gasteiger partial charge in [0.2, 0.25) is 5.91 Å². The zero-order chi connectivity index (χ0) is 17.8. The van der Waals surface area contributed by atoms with Crippen molar-refractivity contribution in [3.05, 3.63) is 35.9 Å². The summed E-state index contributed by atoms with van der Waals surface area (Å²) in [7, 11) is 0. The maximum Gasteiger partial charge on any atom is 0.308 e. The van der Waals surface area contributed by atoms with Gasteiger partial charge in [0.25, 0.3) is 5.91 Å². The lowest BCUT2D eigenvalue weighted by Crippen LogP contribution is -2.48. The minimum atomic E-state index is -0.819. The fraction of sp³-hybridized carbons (Fsp3) is 0.526. The fourth-order valence-electron chi connectivity index (χ4n) is 3.73. The largest absolute Gasteiger partial charge is 0.481 e. The van der Waals surface area contributed by atoms with Crippen LogP contribution in [-0.4, -0.2) is 58.9 Å². The first-order valence-corrected chi connectivity index (χ1v) is 8.92. The number of nitrogens with zero attached hydrogens (tertiary/aromatic N) is 2. The molecule has 2 aliphatic heterocycles. The summed E-state index contributed by atoms with van der Waals surface area (Å²) in [5, 5.41) is 9.17. The molecule has 0 saturated carbocycles. The van der Waals surface area contributed by atoms with E-state index in [-0.39, 0.29) is 17.7 Å². The molecule has 1 unspecified atom stereocenters. The van der Waals surface area contributed by atoms with Crippen LogP contribution < -0.4 is 0 Å². The van der Waals surface area contributed by atoms with E-state index in [2.05, 4.69) is 0 Å². The topological polar surface area (TPSA) is 77.9 Å². The Hall–Kier alpha value is -2.37. The summed E-state index contributed by atoms with van der Waals surface area (Å²) >= 11 is 0. The van der Waals surface area contributed by atoms with Gasteiger partial charge in [-0.05, 0) is 37.8 Å². The molecule has 0 aromatic heterocycles. The standard InChI is InChI=1S/C19H24N2O4/c22-17(14-5-2-1-3-6-14)20-11-8-15(9-12-20)18(23)21-10-4-7-16(13-21)19(24)25/h1-3,5-6,15-16H,4,7-13H2,(H,24,25). The summed E-state index contributed by atoms with van der Waals surface area (Å²) in [5.74, 6) is -1.31. The molecule has 3 rings (SSSR count). The van der Waals surface area contributed by atoms with Gasteiger partial charge >= 0.3 is 5.97 Å². The number of hydrogen-bond acceptors (Lipinski definition) is 3. The minimum Gasteiger partial charge on any atom is -0.481 e. The van der Waals surface area contributed by atoms with E-state index in [4.69, 9.17) is 0 Å². The molecule has 1 atom stereocenters. The Morgan fingerprint density at radius 3 is 2.20 bits per heavy atom. The molecule has 2 heterocycles. The maximum absolute atomic E-state index is 12.7. The first kappa shape index (κ1) is 17.5. The van der Waals surface area contributed by atoms with Gasteiger partial charge in [-0.3, -0.25) is 14.4 Å². The first-order chi connectivity index (χ1) is 12.1. The van der Waals surface area contributed by atoms with Crippen LogP contribution in [0.4, 0.5) is 0 Å². The molecule has 0 spiro atoms. The summed E-state index contributed by atoms with van der Waals surface area (Å²) in [4.78, 5) is 39.8. The lowest BCUT2D eigenvalue weighted by Gasteiger charge is -2.37. The van der Waals surface area contributed by atoms with Crippen molar-refractivity contribution in [1.29, 1.82) is 0 Å². The number of carbonyl (C=O) groups is 3. The fourth-order valence-corrected chi connectivity index (χ4v) is 3.73. The Bertz CT molecular complexity index is 638. The van der Waals surface area contributed by atoms with Crippen molar-refractivity contribution in [2.45, 2.75) is 25.7 Å². The second-order valence-corrected chi connectivity index (χ2v) is 6.89. The van der Waals surface area contributed by atoms with Gasteiger partial charge in [0, 0.05) is 37.7 Å². The number of carboxylic acid groups (broad SMARTS) is 1. The van der Waals surface area contributed by atoms with E-state index in [0.717, 1.165) is 6.42 Å². The zero-order valence-electron chi connectivity index (χ0n) is 14.3. The monoisotopic (exact) mass is 344 g/mol. The van der Waals surface area contributed by atoms with E-state index in [9.17, 15) is 19.5 Å². The van der Waals surface area contributed by atoms with Gasteiger partial charge in [-0.25, -0.2) is 0 Å². The Labute approximate surface area is 147 Å². The van der Waals surface area contributed by atoms with Crippen LogP contribution >= 0.6 is 0 Å². The third-order valence-electron chi connectivity index (χ3n) is 5.23. The zero-order valence-corrected chi connectivity index (χ0v) is 14.3. The number of rotatable bonds is 3. The van der Waals surface area contributed by atoms with Crippen LogP contribution in [0.15, 0.2) is 30.3 Å². The van der Waals surface area contributed by atoms with E-state index in [1.54, 1.807) is 21.9 Å². The molecule has 2 aliphatic rings. The third-order valence-corrected chi connectivity index (χ3v) is 5.23. The van der Waals surface area contributed by atoms with E-state index in [1.807, 2.05) is 18.2 Å². The van der Waals surface area contributed by atoms with Crippen LogP contribution in [0, 0.1) is 11.8 Å². The number of likely N-dealkylation sites (tertiary alicyclic amines) is 2. The van der Waals surface area contributed by atoms with Crippen molar-refractivity contribution in [3.8, 4) is 0 Å². The summed E-state index contributed by atoms with van der Waals surface area (Å²) in [6.45, 7) is 2.10. The van der Waals surface area contributed by atoms with Crippen LogP contribution in [0.3, 0.4) is 0 Å². The number of carboxylic acids is 1. The highest BCUT2D eigenvalue weighted by molar-refractivity contribution is 5.94. The molecule has 6 nitrogen and oxygen atoms in total. The van der Waals surface area contributed by atoms with Gasteiger partial charge in [0.1, 0.15) is 0 Å². The van der Waals surface area contributed by atoms with Crippen LogP contribution in [0.2, 0.25) is 0 Å². The predicted octanol–water partition coefficient (Wildman–Crippen LogP) is 1.86. The van der Waals surface area contributed by atoms with E-state index in [0.29, 0.717) is 51.0 Å². The highest BCUT2D eigenvalue weighted by Gasteiger charge is 2.34. The molecule has 0 radical (unpaired) electrons. The molecular weight excluding hydrogens is 320 g/mol. The Morgan fingerprint density at radius 1 is 0.880 bits per heavy atom. The molecule has 0 bridgehead atoms. The molecule has 2 amide bonds.